The molecule has 0 fully saturated rings. The summed E-state index contributed by atoms with van der Waals surface area (Å²) in [5.41, 5.74) is 5.54. The highest BCUT2D eigenvalue weighted by Gasteiger charge is 2.08. The smallest absolute Gasteiger partial charge is 0.307 e. The summed E-state index contributed by atoms with van der Waals surface area (Å²) in [5, 5.41) is 8.51. The molecule has 1 rings (SSSR count). The highest BCUT2D eigenvalue weighted by Crippen LogP contribution is 2.11. The minimum absolute atomic E-state index is 0.0209. The quantitative estimate of drug-likeness (QED) is 0.760. The zero-order chi connectivity index (χ0) is 11.4. The SMILES string of the molecule is NC(=O)Cc1ccc(F)c(CC(=O)O)c1. The number of hydrogen-bond donors (Lipinski definition) is 2. The standard InChI is InChI=1S/C10H10FNO3/c11-8-2-1-6(4-9(12)13)3-7(8)5-10(14)15/h1-3H,4-5H2,(H2,12,13)(H,14,15). The van der Waals surface area contributed by atoms with Crippen molar-refractivity contribution in [1.29, 1.82) is 0 Å². The minimum Gasteiger partial charge on any atom is -0.481 e. The summed E-state index contributed by atoms with van der Waals surface area (Å²) >= 11 is 0. The largest absolute Gasteiger partial charge is 0.481 e. The Morgan fingerprint density at radius 3 is 2.53 bits per heavy atom. The molecule has 1 amide bonds. The summed E-state index contributed by atoms with van der Waals surface area (Å²) in [6.45, 7) is 0. The number of halogens is 1. The summed E-state index contributed by atoms with van der Waals surface area (Å²) in [5.74, 6) is -2.25. The fourth-order valence-corrected chi connectivity index (χ4v) is 1.24. The lowest BCUT2D eigenvalue weighted by atomic mass is 10.1. The molecule has 0 spiro atoms. The van der Waals surface area contributed by atoms with Crippen LogP contribution >= 0.6 is 0 Å². The first-order chi connectivity index (χ1) is 6.99. The molecular weight excluding hydrogens is 201 g/mol. The number of carbonyl (C=O) groups is 2. The van der Waals surface area contributed by atoms with Crippen molar-refractivity contribution in [2.45, 2.75) is 12.8 Å². The molecule has 0 aliphatic heterocycles. The first kappa shape index (κ1) is 11.2. The Kier molecular flexibility index (Phi) is 3.38. The zero-order valence-corrected chi connectivity index (χ0v) is 7.87. The second-order valence-corrected chi connectivity index (χ2v) is 3.14. The maximum absolute atomic E-state index is 13.1. The number of carbonyl (C=O) groups excluding carboxylic acids is 1. The Balaban J connectivity index is 2.94. The van der Waals surface area contributed by atoms with E-state index in [9.17, 15) is 14.0 Å². The van der Waals surface area contributed by atoms with Gasteiger partial charge in [-0.25, -0.2) is 4.39 Å². The van der Waals surface area contributed by atoms with Crippen molar-refractivity contribution in [3.8, 4) is 0 Å². The maximum Gasteiger partial charge on any atom is 0.307 e. The van der Waals surface area contributed by atoms with Crippen LogP contribution in [0.15, 0.2) is 18.2 Å². The van der Waals surface area contributed by atoms with Crippen LogP contribution in [0, 0.1) is 5.82 Å². The maximum atomic E-state index is 13.1. The normalized spacial score (nSPS) is 9.93. The lowest BCUT2D eigenvalue weighted by Gasteiger charge is -2.03. The van der Waals surface area contributed by atoms with Crippen LogP contribution in [-0.4, -0.2) is 17.0 Å². The summed E-state index contributed by atoms with van der Waals surface area (Å²) in [4.78, 5) is 21.0. The number of rotatable bonds is 4. The highest BCUT2D eigenvalue weighted by molar-refractivity contribution is 5.77. The highest BCUT2D eigenvalue weighted by atomic mass is 19.1. The van der Waals surface area contributed by atoms with Gasteiger partial charge in [-0.05, 0) is 17.2 Å². The van der Waals surface area contributed by atoms with Gasteiger partial charge in [-0.1, -0.05) is 12.1 Å². The summed E-state index contributed by atoms with van der Waals surface area (Å²) < 4.78 is 13.1. The van der Waals surface area contributed by atoms with Gasteiger partial charge in [-0.2, -0.15) is 0 Å². The van der Waals surface area contributed by atoms with Crippen LogP contribution in [0.3, 0.4) is 0 Å². The number of amides is 1. The Morgan fingerprint density at radius 1 is 1.33 bits per heavy atom. The molecule has 80 valence electrons. The number of primary amides is 1. The van der Waals surface area contributed by atoms with Gasteiger partial charge < -0.3 is 10.8 Å². The summed E-state index contributed by atoms with van der Waals surface area (Å²) in [7, 11) is 0. The number of benzene rings is 1. The van der Waals surface area contributed by atoms with Gasteiger partial charge in [0.15, 0.2) is 0 Å². The van der Waals surface area contributed by atoms with Crippen molar-refractivity contribution in [2.75, 3.05) is 0 Å². The van der Waals surface area contributed by atoms with Crippen molar-refractivity contribution in [1.82, 2.24) is 0 Å². The molecule has 0 bridgehead atoms. The Labute approximate surface area is 85.5 Å². The van der Waals surface area contributed by atoms with Crippen LogP contribution in [0.5, 0.6) is 0 Å². The van der Waals surface area contributed by atoms with Gasteiger partial charge in [0.2, 0.25) is 5.91 Å². The van der Waals surface area contributed by atoms with E-state index in [4.69, 9.17) is 10.8 Å². The molecule has 0 radical (unpaired) electrons. The fraction of sp³-hybridized carbons (Fsp3) is 0.200. The van der Waals surface area contributed by atoms with Crippen molar-refractivity contribution < 1.29 is 19.1 Å². The monoisotopic (exact) mass is 211 g/mol. The van der Waals surface area contributed by atoms with Crippen LogP contribution in [-0.2, 0) is 22.4 Å². The molecule has 0 aromatic heterocycles. The van der Waals surface area contributed by atoms with Gasteiger partial charge in [0.25, 0.3) is 0 Å². The van der Waals surface area contributed by atoms with Crippen molar-refractivity contribution >= 4 is 11.9 Å². The minimum atomic E-state index is -1.12. The van der Waals surface area contributed by atoms with Crippen LogP contribution < -0.4 is 5.73 Å². The van der Waals surface area contributed by atoms with E-state index in [1.807, 2.05) is 0 Å². The summed E-state index contributed by atoms with van der Waals surface area (Å²) in [6.07, 6.45) is -0.425. The van der Waals surface area contributed by atoms with Gasteiger partial charge in [0.1, 0.15) is 5.82 Å². The average molecular weight is 211 g/mol. The van der Waals surface area contributed by atoms with E-state index in [1.165, 1.54) is 12.1 Å². The average Bonchev–Trinajstić information content (AvgIpc) is 2.09. The number of hydrogen-bond acceptors (Lipinski definition) is 2. The predicted molar refractivity (Wildman–Crippen MR) is 50.6 cm³/mol. The van der Waals surface area contributed by atoms with E-state index in [0.717, 1.165) is 6.07 Å². The molecule has 0 saturated carbocycles. The van der Waals surface area contributed by atoms with E-state index in [0.29, 0.717) is 5.56 Å². The molecule has 1 aromatic carbocycles. The summed E-state index contributed by atoms with van der Waals surface area (Å²) in [6, 6.07) is 3.89. The molecule has 1 aromatic rings. The number of carboxylic acids is 1. The van der Waals surface area contributed by atoms with Crippen LogP contribution in [0.4, 0.5) is 4.39 Å². The molecule has 0 atom stereocenters. The third-order valence-corrected chi connectivity index (χ3v) is 1.83. The second kappa shape index (κ2) is 4.54. The van der Waals surface area contributed by atoms with E-state index in [-0.39, 0.29) is 12.0 Å². The molecular formula is C10H10FNO3. The van der Waals surface area contributed by atoms with E-state index in [1.54, 1.807) is 0 Å². The molecule has 4 nitrogen and oxygen atoms in total. The third kappa shape index (κ3) is 3.38. The Hall–Kier alpha value is -1.91. The number of carboxylic acid groups (broad SMARTS) is 1. The topological polar surface area (TPSA) is 80.4 Å². The van der Waals surface area contributed by atoms with Gasteiger partial charge in [-0.3, -0.25) is 9.59 Å². The van der Waals surface area contributed by atoms with Crippen LogP contribution in [0.2, 0.25) is 0 Å². The van der Waals surface area contributed by atoms with Crippen molar-refractivity contribution in [2.24, 2.45) is 5.73 Å². The molecule has 15 heavy (non-hydrogen) atoms. The first-order valence-corrected chi connectivity index (χ1v) is 4.26. The zero-order valence-electron chi connectivity index (χ0n) is 7.87. The second-order valence-electron chi connectivity index (χ2n) is 3.14. The number of aliphatic carboxylic acids is 1. The predicted octanol–water partition coefficient (Wildman–Crippen LogP) is 0.481. The molecule has 3 N–H and O–H groups in total. The van der Waals surface area contributed by atoms with Gasteiger partial charge in [0.05, 0.1) is 12.8 Å². The number of nitrogens with two attached hydrogens (primary N) is 1. The molecule has 5 heteroatoms. The first-order valence-electron chi connectivity index (χ1n) is 4.26. The molecule has 0 heterocycles. The van der Waals surface area contributed by atoms with E-state index >= 15 is 0 Å². The van der Waals surface area contributed by atoms with Crippen LogP contribution in [0.1, 0.15) is 11.1 Å². The van der Waals surface area contributed by atoms with Gasteiger partial charge >= 0.3 is 5.97 Å². The molecule has 0 unspecified atom stereocenters. The third-order valence-electron chi connectivity index (χ3n) is 1.83. The van der Waals surface area contributed by atoms with Crippen molar-refractivity contribution in [3.63, 3.8) is 0 Å². The molecule has 0 aliphatic rings. The molecule has 0 saturated heterocycles. The Bertz CT molecular complexity index is 404. The van der Waals surface area contributed by atoms with E-state index in [2.05, 4.69) is 0 Å². The Morgan fingerprint density at radius 2 is 2.00 bits per heavy atom. The molecule has 0 aliphatic carbocycles. The lowest BCUT2D eigenvalue weighted by Crippen LogP contribution is -2.14. The van der Waals surface area contributed by atoms with E-state index < -0.39 is 24.1 Å². The van der Waals surface area contributed by atoms with Gasteiger partial charge in [0, 0.05) is 0 Å². The van der Waals surface area contributed by atoms with Crippen molar-refractivity contribution in [3.05, 3.63) is 35.1 Å². The fourth-order valence-electron chi connectivity index (χ4n) is 1.24. The lowest BCUT2D eigenvalue weighted by molar-refractivity contribution is -0.136. The van der Waals surface area contributed by atoms with Gasteiger partial charge in [-0.15, -0.1) is 0 Å². The van der Waals surface area contributed by atoms with Crippen LogP contribution in [0.25, 0.3) is 0 Å².